The fourth-order valence-corrected chi connectivity index (χ4v) is 3.84. The van der Waals surface area contributed by atoms with E-state index in [1.807, 2.05) is 13.8 Å². The Labute approximate surface area is 146 Å². The highest BCUT2D eigenvalue weighted by Gasteiger charge is 2.21. The number of aliphatic hydroxyl groups is 1. The number of rotatable bonds is 4. The van der Waals surface area contributed by atoms with Gasteiger partial charge >= 0.3 is 0 Å². The summed E-state index contributed by atoms with van der Waals surface area (Å²) in [6.07, 6.45) is 3.64. The molecule has 1 aliphatic rings. The van der Waals surface area contributed by atoms with Crippen LogP contribution in [0.25, 0.3) is 11.0 Å². The molecule has 0 bridgehead atoms. The summed E-state index contributed by atoms with van der Waals surface area (Å²) in [5.74, 6) is 0.271. The largest absolute Gasteiger partial charge is 0.393 e. The summed E-state index contributed by atoms with van der Waals surface area (Å²) < 4.78 is 1.61. The van der Waals surface area contributed by atoms with Crippen molar-refractivity contribution < 1.29 is 9.90 Å². The van der Waals surface area contributed by atoms with Crippen LogP contribution in [0.15, 0.2) is 4.79 Å². The van der Waals surface area contributed by atoms with Crippen LogP contribution in [0.5, 0.6) is 0 Å². The molecular weight excluding hydrogens is 320 g/mol. The van der Waals surface area contributed by atoms with Gasteiger partial charge < -0.3 is 10.4 Å². The van der Waals surface area contributed by atoms with Crippen LogP contribution >= 0.6 is 0 Å². The Morgan fingerprint density at radius 1 is 1.40 bits per heavy atom. The summed E-state index contributed by atoms with van der Waals surface area (Å²) in [6.45, 7) is 4.33. The molecule has 0 spiro atoms. The number of aromatic nitrogens is 3. The SMILES string of the molecule is Cc1nc2c(c(C)c1CC(=O)NCC1CCCC(O)C1)c(=O)[nH]n2C. The van der Waals surface area contributed by atoms with Crippen molar-refractivity contribution in [2.75, 3.05) is 6.54 Å². The number of aliphatic hydroxyl groups excluding tert-OH is 1. The normalized spacial score (nSPS) is 20.8. The molecule has 1 fully saturated rings. The summed E-state index contributed by atoms with van der Waals surface area (Å²) in [4.78, 5) is 29.0. The van der Waals surface area contributed by atoms with Gasteiger partial charge in [-0.15, -0.1) is 0 Å². The van der Waals surface area contributed by atoms with E-state index in [-0.39, 0.29) is 24.0 Å². The molecule has 2 aromatic heterocycles. The van der Waals surface area contributed by atoms with Gasteiger partial charge in [-0.05, 0) is 50.2 Å². The van der Waals surface area contributed by atoms with Crippen molar-refractivity contribution in [2.24, 2.45) is 13.0 Å². The Balaban J connectivity index is 1.73. The molecule has 2 heterocycles. The fourth-order valence-electron chi connectivity index (χ4n) is 3.84. The van der Waals surface area contributed by atoms with Crippen molar-refractivity contribution in [1.29, 1.82) is 0 Å². The highest BCUT2D eigenvalue weighted by molar-refractivity contribution is 5.84. The van der Waals surface area contributed by atoms with Gasteiger partial charge in [-0.25, -0.2) is 4.98 Å². The van der Waals surface area contributed by atoms with Crippen LogP contribution in [0.4, 0.5) is 0 Å². The topological polar surface area (TPSA) is 100 Å². The first-order chi connectivity index (χ1) is 11.9. The van der Waals surface area contributed by atoms with Gasteiger partial charge in [0.15, 0.2) is 5.65 Å². The number of hydrogen-bond acceptors (Lipinski definition) is 4. The number of H-pyrrole nitrogens is 1. The van der Waals surface area contributed by atoms with Gasteiger partial charge in [-0.2, -0.15) is 0 Å². The highest BCUT2D eigenvalue weighted by Crippen LogP contribution is 2.24. The van der Waals surface area contributed by atoms with E-state index in [2.05, 4.69) is 15.4 Å². The van der Waals surface area contributed by atoms with Crippen LogP contribution in [-0.4, -0.2) is 38.4 Å². The lowest BCUT2D eigenvalue weighted by Crippen LogP contribution is -2.34. The Hall–Kier alpha value is -2.15. The smallest absolute Gasteiger partial charge is 0.273 e. The number of nitrogens with one attached hydrogen (secondary N) is 2. The van der Waals surface area contributed by atoms with Gasteiger partial charge in [0.1, 0.15) is 0 Å². The van der Waals surface area contributed by atoms with Gasteiger partial charge in [-0.3, -0.25) is 19.4 Å². The van der Waals surface area contributed by atoms with Crippen LogP contribution in [0.1, 0.15) is 42.5 Å². The van der Waals surface area contributed by atoms with Crippen LogP contribution in [-0.2, 0) is 18.3 Å². The molecule has 1 amide bonds. The second kappa shape index (κ2) is 7.00. The van der Waals surface area contributed by atoms with Gasteiger partial charge in [0, 0.05) is 19.3 Å². The molecule has 136 valence electrons. The number of aromatic amines is 1. The maximum Gasteiger partial charge on any atom is 0.273 e. The third-order valence-corrected chi connectivity index (χ3v) is 5.26. The van der Waals surface area contributed by atoms with Crippen molar-refractivity contribution in [3.05, 3.63) is 27.2 Å². The summed E-state index contributed by atoms with van der Waals surface area (Å²) in [5, 5.41) is 16.0. The second-order valence-corrected chi connectivity index (χ2v) is 7.17. The lowest BCUT2D eigenvalue weighted by Gasteiger charge is -2.26. The molecule has 25 heavy (non-hydrogen) atoms. The van der Waals surface area contributed by atoms with E-state index in [4.69, 9.17) is 0 Å². The Morgan fingerprint density at radius 3 is 2.88 bits per heavy atom. The van der Waals surface area contributed by atoms with Gasteiger partial charge in [0.2, 0.25) is 5.91 Å². The Morgan fingerprint density at radius 2 is 2.16 bits per heavy atom. The molecule has 3 N–H and O–H groups in total. The molecule has 0 saturated heterocycles. The van der Waals surface area contributed by atoms with Gasteiger partial charge in [0.05, 0.1) is 17.9 Å². The Bertz CT molecular complexity index is 852. The van der Waals surface area contributed by atoms with E-state index >= 15 is 0 Å². The molecule has 0 aromatic carbocycles. The first kappa shape index (κ1) is 17.7. The first-order valence-electron chi connectivity index (χ1n) is 8.86. The highest BCUT2D eigenvalue weighted by atomic mass is 16.3. The molecule has 1 aliphatic carbocycles. The average molecular weight is 346 g/mol. The predicted octanol–water partition coefficient (Wildman–Crippen LogP) is 1.09. The lowest BCUT2D eigenvalue weighted by atomic mass is 9.87. The quantitative estimate of drug-likeness (QED) is 0.771. The summed E-state index contributed by atoms with van der Waals surface area (Å²) in [6, 6.07) is 0. The molecule has 2 atom stereocenters. The molecule has 0 radical (unpaired) electrons. The summed E-state index contributed by atoms with van der Waals surface area (Å²) in [5.41, 5.74) is 2.82. The molecule has 0 aliphatic heterocycles. The lowest BCUT2D eigenvalue weighted by molar-refractivity contribution is -0.120. The second-order valence-electron chi connectivity index (χ2n) is 7.17. The number of nitrogens with zero attached hydrogens (tertiary/aromatic N) is 2. The number of fused-ring (bicyclic) bond motifs is 1. The summed E-state index contributed by atoms with van der Waals surface area (Å²) >= 11 is 0. The van der Waals surface area contributed by atoms with Crippen LogP contribution in [0.3, 0.4) is 0 Å². The minimum Gasteiger partial charge on any atom is -0.393 e. The maximum absolute atomic E-state index is 12.4. The number of aryl methyl sites for hydroxylation is 3. The van der Waals surface area contributed by atoms with Crippen molar-refractivity contribution >= 4 is 16.9 Å². The third-order valence-electron chi connectivity index (χ3n) is 5.26. The molecule has 7 nitrogen and oxygen atoms in total. The zero-order chi connectivity index (χ0) is 18.1. The minimum absolute atomic E-state index is 0.0697. The number of hydrogen-bond donors (Lipinski definition) is 3. The maximum atomic E-state index is 12.4. The zero-order valence-electron chi connectivity index (χ0n) is 15.1. The summed E-state index contributed by atoms with van der Waals surface area (Å²) in [7, 11) is 1.75. The van der Waals surface area contributed by atoms with Gasteiger partial charge in [-0.1, -0.05) is 6.42 Å². The number of carbonyl (C=O) groups excluding carboxylic acids is 1. The van der Waals surface area contributed by atoms with E-state index in [1.54, 1.807) is 11.7 Å². The van der Waals surface area contributed by atoms with E-state index in [9.17, 15) is 14.7 Å². The monoisotopic (exact) mass is 346 g/mol. The van der Waals surface area contributed by atoms with Gasteiger partial charge in [0.25, 0.3) is 5.56 Å². The third kappa shape index (κ3) is 3.61. The molecule has 7 heteroatoms. The standard InChI is InChI=1S/C18H26N4O3/c1-10-14(11(2)20-17-16(10)18(25)21-22(17)3)8-15(24)19-9-12-5-4-6-13(23)7-12/h12-13,23H,4-9H2,1-3H3,(H,19,24)(H,21,25). The molecule has 3 rings (SSSR count). The fraction of sp³-hybridized carbons (Fsp3) is 0.611. The number of amides is 1. The Kier molecular flexibility index (Phi) is 4.94. The van der Waals surface area contributed by atoms with Crippen molar-refractivity contribution in [3.8, 4) is 0 Å². The molecule has 1 saturated carbocycles. The van der Waals surface area contributed by atoms with Crippen molar-refractivity contribution in [1.82, 2.24) is 20.1 Å². The number of carbonyl (C=O) groups is 1. The van der Waals surface area contributed by atoms with E-state index in [1.165, 1.54) is 0 Å². The predicted molar refractivity (Wildman–Crippen MR) is 95.5 cm³/mol. The molecule has 2 aromatic rings. The van der Waals surface area contributed by atoms with E-state index in [0.717, 1.165) is 42.5 Å². The van der Waals surface area contributed by atoms with Crippen LogP contribution < -0.4 is 10.9 Å². The van der Waals surface area contributed by atoms with Crippen LogP contribution in [0.2, 0.25) is 0 Å². The molecule has 2 unspecified atom stereocenters. The minimum atomic E-state index is -0.239. The number of pyridine rings is 1. The van der Waals surface area contributed by atoms with Crippen LogP contribution in [0, 0.1) is 19.8 Å². The van der Waals surface area contributed by atoms with Crippen molar-refractivity contribution in [3.63, 3.8) is 0 Å². The zero-order valence-corrected chi connectivity index (χ0v) is 15.1. The van der Waals surface area contributed by atoms with E-state index < -0.39 is 0 Å². The first-order valence-corrected chi connectivity index (χ1v) is 8.86. The van der Waals surface area contributed by atoms with E-state index in [0.29, 0.717) is 23.5 Å². The molecular formula is C18H26N4O3. The van der Waals surface area contributed by atoms with Crippen molar-refractivity contribution in [2.45, 2.75) is 52.1 Å². The average Bonchev–Trinajstić information content (AvgIpc) is 2.83.